The van der Waals surface area contributed by atoms with E-state index in [2.05, 4.69) is 31.0 Å². The van der Waals surface area contributed by atoms with Crippen LogP contribution in [-0.2, 0) is 17.8 Å². The summed E-state index contributed by atoms with van der Waals surface area (Å²) < 4.78 is 6.62. The number of amides is 1. The maximum Gasteiger partial charge on any atom is 0.233 e. The molecular formula is C25H25N3O2S. The Morgan fingerprint density at radius 2 is 1.87 bits per heavy atom. The first kappa shape index (κ1) is 21.0. The zero-order valence-electron chi connectivity index (χ0n) is 18.0. The normalized spacial score (nSPS) is 10.9. The van der Waals surface area contributed by atoms with E-state index in [1.807, 2.05) is 43.3 Å². The number of hydrogen-bond acceptors (Lipinski definition) is 5. The Hall–Kier alpha value is -3.25. The zero-order valence-corrected chi connectivity index (χ0v) is 18.8. The summed E-state index contributed by atoms with van der Waals surface area (Å²) in [4.78, 5) is 24.1. The third-order valence-electron chi connectivity index (χ3n) is 5.12. The number of aromatic nitrogens is 2. The van der Waals surface area contributed by atoms with Crippen molar-refractivity contribution in [1.82, 2.24) is 9.97 Å². The lowest BCUT2D eigenvalue weighted by Crippen LogP contribution is -2.31. The molecule has 0 bridgehead atoms. The van der Waals surface area contributed by atoms with E-state index in [1.165, 1.54) is 16.9 Å². The second-order valence-corrected chi connectivity index (χ2v) is 8.51. The minimum atomic E-state index is 0.0212. The van der Waals surface area contributed by atoms with Gasteiger partial charge in [0.25, 0.3) is 0 Å². The Balaban J connectivity index is 1.68. The van der Waals surface area contributed by atoms with Gasteiger partial charge in [0.2, 0.25) is 5.91 Å². The number of hydrogen-bond donors (Lipinski definition) is 0. The molecule has 0 aliphatic rings. The van der Waals surface area contributed by atoms with E-state index in [0.717, 1.165) is 32.7 Å². The van der Waals surface area contributed by atoms with Crippen LogP contribution in [0.1, 0.15) is 29.2 Å². The van der Waals surface area contributed by atoms with Crippen molar-refractivity contribution in [1.29, 1.82) is 0 Å². The maximum atomic E-state index is 13.5. The number of anilines is 1. The summed E-state index contributed by atoms with van der Waals surface area (Å²) in [5, 5.41) is 0.690. The Bertz CT molecular complexity index is 1200. The highest BCUT2D eigenvalue weighted by atomic mass is 32.1. The van der Waals surface area contributed by atoms with Gasteiger partial charge in [-0.1, -0.05) is 35.1 Å². The van der Waals surface area contributed by atoms with Crippen molar-refractivity contribution < 1.29 is 9.53 Å². The van der Waals surface area contributed by atoms with Gasteiger partial charge in [-0.15, -0.1) is 0 Å². The molecule has 5 nitrogen and oxygen atoms in total. The topological polar surface area (TPSA) is 55.3 Å². The molecule has 2 aromatic heterocycles. The molecule has 2 heterocycles. The number of nitrogens with zero attached hydrogens (tertiary/aromatic N) is 3. The van der Waals surface area contributed by atoms with Crippen molar-refractivity contribution in [2.75, 3.05) is 11.5 Å². The molecule has 0 unspecified atom stereocenters. The molecule has 0 saturated heterocycles. The SMILES string of the molecule is CCOc1ccc2nc(N(Cc3ccncc3)C(=O)Cc3ccc(C)cc3C)sc2c1. The van der Waals surface area contributed by atoms with Gasteiger partial charge in [-0.3, -0.25) is 14.7 Å². The lowest BCUT2D eigenvalue weighted by atomic mass is 10.0. The number of rotatable bonds is 7. The summed E-state index contributed by atoms with van der Waals surface area (Å²) in [5.74, 6) is 0.834. The first-order valence-electron chi connectivity index (χ1n) is 10.3. The van der Waals surface area contributed by atoms with Crippen LogP contribution in [0.3, 0.4) is 0 Å². The van der Waals surface area contributed by atoms with E-state index in [4.69, 9.17) is 9.72 Å². The number of aryl methyl sites for hydroxylation is 2. The predicted octanol–water partition coefficient (Wildman–Crippen LogP) is 5.48. The van der Waals surface area contributed by atoms with Gasteiger partial charge in [-0.05, 0) is 67.8 Å². The molecule has 158 valence electrons. The van der Waals surface area contributed by atoms with Crippen molar-refractivity contribution in [3.63, 3.8) is 0 Å². The van der Waals surface area contributed by atoms with Gasteiger partial charge < -0.3 is 4.74 Å². The number of thiazole rings is 1. The van der Waals surface area contributed by atoms with Crippen LogP contribution >= 0.6 is 11.3 Å². The molecule has 4 rings (SSSR count). The number of ether oxygens (including phenoxy) is 1. The van der Waals surface area contributed by atoms with Gasteiger partial charge in [0.05, 0.1) is 29.8 Å². The van der Waals surface area contributed by atoms with Gasteiger partial charge in [0, 0.05) is 12.4 Å². The van der Waals surface area contributed by atoms with Crippen LogP contribution in [0.5, 0.6) is 5.75 Å². The molecular weight excluding hydrogens is 406 g/mol. The van der Waals surface area contributed by atoms with Crippen molar-refractivity contribution in [3.8, 4) is 5.75 Å². The van der Waals surface area contributed by atoms with Crippen molar-refractivity contribution in [2.45, 2.75) is 33.7 Å². The minimum Gasteiger partial charge on any atom is -0.494 e. The average Bonchev–Trinajstić information content (AvgIpc) is 3.18. The molecule has 6 heteroatoms. The van der Waals surface area contributed by atoms with Crippen molar-refractivity contribution >= 4 is 32.6 Å². The fourth-order valence-electron chi connectivity index (χ4n) is 3.50. The number of carbonyl (C=O) groups excluding carboxylic acids is 1. The second kappa shape index (κ2) is 9.27. The van der Waals surface area contributed by atoms with Crippen LogP contribution in [0.25, 0.3) is 10.2 Å². The molecule has 31 heavy (non-hydrogen) atoms. The van der Waals surface area contributed by atoms with E-state index in [1.54, 1.807) is 17.3 Å². The summed E-state index contributed by atoms with van der Waals surface area (Å²) in [6.45, 7) is 7.14. The van der Waals surface area contributed by atoms with Gasteiger partial charge >= 0.3 is 0 Å². The summed E-state index contributed by atoms with van der Waals surface area (Å²) in [5.41, 5.74) is 5.23. The first-order chi connectivity index (χ1) is 15.0. The quantitative estimate of drug-likeness (QED) is 0.389. The fourth-order valence-corrected chi connectivity index (χ4v) is 4.51. The van der Waals surface area contributed by atoms with Gasteiger partial charge in [0.15, 0.2) is 5.13 Å². The van der Waals surface area contributed by atoms with E-state index in [0.29, 0.717) is 24.7 Å². The fraction of sp³-hybridized carbons (Fsp3) is 0.240. The monoisotopic (exact) mass is 431 g/mol. The highest BCUT2D eigenvalue weighted by Crippen LogP contribution is 2.32. The van der Waals surface area contributed by atoms with Crippen molar-refractivity contribution in [2.24, 2.45) is 0 Å². The molecule has 1 amide bonds. The Kier molecular flexibility index (Phi) is 6.28. The summed E-state index contributed by atoms with van der Waals surface area (Å²) in [7, 11) is 0. The first-order valence-corrected chi connectivity index (χ1v) is 11.1. The van der Waals surface area contributed by atoms with Crippen LogP contribution in [0.15, 0.2) is 60.9 Å². The second-order valence-electron chi connectivity index (χ2n) is 7.50. The molecule has 0 aliphatic heterocycles. The van der Waals surface area contributed by atoms with Crippen molar-refractivity contribution in [3.05, 3.63) is 83.2 Å². The zero-order chi connectivity index (χ0) is 21.8. The standard InChI is InChI=1S/C25H25N3O2S/c1-4-30-21-7-8-22-23(15-21)31-25(27-22)28(16-19-9-11-26-12-10-19)24(29)14-20-6-5-17(2)13-18(20)3/h5-13,15H,4,14,16H2,1-3H3. The third-order valence-corrected chi connectivity index (χ3v) is 6.16. The van der Waals surface area contributed by atoms with E-state index >= 15 is 0 Å². The minimum absolute atomic E-state index is 0.0212. The van der Waals surface area contributed by atoms with E-state index < -0.39 is 0 Å². The highest BCUT2D eigenvalue weighted by Gasteiger charge is 2.21. The molecule has 0 radical (unpaired) electrons. The Morgan fingerprint density at radius 1 is 1.06 bits per heavy atom. The molecule has 0 aliphatic carbocycles. The molecule has 4 aromatic rings. The largest absolute Gasteiger partial charge is 0.494 e. The number of fused-ring (bicyclic) bond motifs is 1. The van der Waals surface area contributed by atoms with Crippen LogP contribution in [-0.4, -0.2) is 22.5 Å². The van der Waals surface area contributed by atoms with Crippen LogP contribution in [0, 0.1) is 13.8 Å². The summed E-state index contributed by atoms with van der Waals surface area (Å²) in [6, 6.07) is 15.9. The Labute approximate surface area is 186 Å². The summed E-state index contributed by atoms with van der Waals surface area (Å²) >= 11 is 1.51. The predicted molar refractivity (Wildman–Crippen MR) is 126 cm³/mol. The lowest BCUT2D eigenvalue weighted by Gasteiger charge is -2.20. The number of carbonyl (C=O) groups is 1. The van der Waals surface area contributed by atoms with Crippen LogP contribution < -0.4 is 9.64 Å². The molecule has 0 atom stereocenters. The van der Waals surface area contributed by atoms with E-state index in [9.17, 15) is 4.79 Å². The highest BCUT2D eigenvalue weighted by molar-refractivity contribution is 7.22. The van der Waals surface area contributed by atoms with Gasteiger partial charge in [-0.2, -0.15) is 0 Å². The van der Waals surface area contributed by atoms with Gasteiger partial charge in [0.1, 0.15) is 5.75 Å². The lowest BCUT2D eigenvalue weighted by molar-refractivity contribution is -0.118. The van der Waals surface area contributed by atoms with Gasteiger partial charge in [-0.25, -0.2) is 4.98 Å². The maximum absolute atomic E-state index is 13.5. The smallest absolute Gasteiger partial charge is 0.233 e. The molecule has 0 saturated carbocycles. The van der Waals surface area contributed by atoms with E-state index in [-0.39, 0.29) is 5.91 Å². The summed E-state index contributed by atoms with van der Waals surface area (Å²) in [6.07, 6.45) is 3.82. The third kappa shape index (κ3) is 4.91. The average molecular weight is 432 g/mol. The molecule has 0 spiro atoms. The molecule has 0 fully saturated rings. The molecule has 2 aromatic carbocycles. The number of benzene rings is 2. The molecule has 0 N–H and O–H groups in total. The number of pyridine rings is 1. The van der Waals surface area contributed by atoms with Crippen LogP contribution in [0.4, 0.5) is 5.13 Å². The Morgan fingerprint density at radius 3 is 2.61 bits per heavy atom. The van der Waals surface area contributed by atoms with Crippen LogP contribution in [0.2, 0.25) is 0 Å².